The van der Waals surface area contributed by atoms with Crippen molar-refractivity contribution in [1.29, 1.82) is 0 Å². The second kappa shape index (κ2) is 8.09. The molecule has 0 aliphatic carbocycles. The molecule has 0 bridgehead atoms. The summed E-state index contributed by atoms with van der Waals surface area (Å²) in [6.45, 7) is 7.25. The number of rotatable bonds is 7. The maximum Gasteiger partial charge on any atom is 0.337 e. The average Bonchev–Trinajstić information content (AvgIpc) is 2.32. The summed E-state index contributed by atoms with van der Waals surface area (Å²) in [5, 5.41) is 2.53. The molecule has 2 atom stereocenters. The van der Waals surface area contributed by atoms with Crippen LogP contribution in [0, 0.1) is 5.41 Å². The van der Waals surface area contributed by atoms with Crippen molar-refractivity contribution in [3.63, 3.8) is 0 Å². The maximum absolute atomic E-state index is 12.3. The predicted molar refractivity (Wildman–Crippen MR) is 85.4 cm³/mol. The number of nitrogens with one attached hydrogen (secondary N) is 1. The van der Waals surface area contributed by atoms with Gasteiger partial charge in [0.1, 0.15) is 11.7 Å². The Labute approximate surface area is 132 Å². The minimum absolute atomic E-state index is 0.0969. The average molecular weight is 336 g/mol. The first-order valence-corrected chi connectivity index (χ1v) is 9.07. The number of nitrogens with zero attached hydrogens (tertiary/aromatic N) is 1. The molecule has 2 amide bonds. The van der Waals surface area contributed by atoms with E-state index in [9.17, 15) is 23.9 Å². The predicted octanol–water partition coefficient (Wildman–Crippen LogP) is 1.34. The molecule has 0 saturated carbocycles. The Hall–Kier alpha value is -0.910. The summed E-state index contributed by atoms with van der Waals surface area (Å²) in [4.78, 5) is 44.7. The van der Waals surface area contributed by atoms with Gasteiger partial charge in [0.25, 0.3) is 0 Å². The molecule has 0 fully saturated rings. The molecule has 0 aliphatic heterocycles. The van der Waals surface area contributed by atoms with Gasteiger partial charge in [-0.25, -0.2) is 0 Å². The third-order valence-corrected chi connectivity index (χ3v) is 4.68. The highest BCUT2D eigenvalue weighted by Gasteiger charge is 2.40. The number of unbranched alkanes of at least 4 members (excludes halogenated alkanes) is 1. The summed E-state index contributed by atoms with van der Waals surface area (Å²) < 4.78 is 11.6. The van der Waals surface area contributed by atoms with Gasteiger partial charge >= 0.3 is 7.60 Å². The molecule has 0 spiro atoms. The summed E-state index contributed by atoms with van der Waals surface area (Å²) in [6.07, 6.45) is 1.35. The fourth-order valence-corrected chi connectivity index (χ4v) is 2.89. The highest BCUT2D eigenvalue weighted by Crippen LogP contribution is 2.44. The van der Waals surface area contributed by atoms with E-state index < -0.39 is 30.6 Å². The van der Waals surface area contributed by atoms with Crippen molar-refractivity contribution >= 4 is 19.4 Å². The number of hydrogen-bond donors (Lipinski definition) is 3. The first-order chi connectivity index (χ1) is 9.82. The van der Waals surface area contributed by atoms with E-state index in [1.165, 1.54) is 4.90 Å². The fourth-order valence-electron chi connectivity index (χ4n) is 1.99. The lowest BCUT2D eigenvalue weighted by molar-refractivity contribution is -0.137. The van der Waals surface area contributed by atoms with Crippen molar-refractivity contribution in [2.45, 2.75) is 58.7 Å². The Morgan fingerprint density at radius 3 is 2.05 bits per heavy atom. The summed E-state index contributed by atoms with van der Waals surface area (Å²) in [7, 11) is -1.41. The van der Waals surface area contributed by atoms with Crippen LogP contribution in [0.5, 0.6) is 0 Å². The molecular weight excluding hydrogens is 307 g/mol. The van der Waals surface area contributed by atoms with Crippen LogP contribution in [0.1, 0.15) is 47.0 Å². The third kappa shape index (κ3) is 6.46. The van der Waals surface area contributed by atoms with Crippen molar-refractivity contribution in [2.75, 3.05) is 14.1 Å². The zero-order valence-corrected chi connectivity index (χ0v) is 15.2. The van der Waals surface area contributed by atoms with Crippen molar-refractivity contribution < 1.29 is 23.9 Å². The molecule has 0 aliphatic rings. The topological polar surface area (TPSA) is 107 Å². The minimum Gasteiger partial charge on any atom is -0.347 e. The van der Waals surface area contributed by atoms with Gasteiger partial charge < -0.3 is 20.0 Å². The van der Waals surface area contributed by atoms with E-state index in [1.807, 2.05) is 6.92 Å². The molecule has 0 aromatic rings. The molecule has 0 heterocycles. The second-order valence-electron chi connectivity index (χ2n) is 6.79. The van der Waals surface area contributed by atoms with Gasteiger partial charge in [-0.05, 0) is 11.8 Å². The van der Waals surface area contributed by atoms with Gasteiger partial charge in [-0.15, -0.1) is 0 Å². The number of carbonyl (C=O) groups excluding carboxylic acids is 2. The number of amides is 2. The lowest BCUT2D eigenvalue weighted by Crippen LogP contribution is -2.55. The molecule has 0 saturated heterocycles. The molecule has 1 unspecified atom stereocenters. The molecule has 7 nitrogen and oxygen atoms in total. The van der Waals surface area contributed by atoms with Gasteiger partial charge in [0.15, 0.2) is 0 Å². The standard InChI is InChI=1S/C14H29N2O5P/c1-7-8-9-10(22(19,20)21)12(17)15-11(14(2,3)4)13(18)16(5)6/h10-11H,7-9H2,1-6H3,(H,15,17)(H2,19,20,21)/t10?,11-/m1/s1. The van der Waals surface area contributed by atoms with E-state index in [0.29, 0.717) is 6.42 Å². The van der Waals surface area contributed by atoms with Crippen LogP contribution in [0.25, 0.3) is 0 Å². The van der Waals surface area contributed by atoms with E-state index in [4.69, 9.17) is 0 Å². The van der Waals surface area contributed by atoms with E-state index in [-0.39, 0.29) is 12.3 Å². The fraction of sp³-hybridized carbons (Fsp3) is 0.857. The van der Waals surface area contributed by atoms with Crippen molar-refractivity contribution in [2.24, 2.45) is 5.41 Å². The molecule has 22 heavy (non-hydrogen) atoms. The summed E-state index contributed by atoms with van der Waals surface area (Å²) in [6, 6.07) is -0.842. The van der Waals surface area contributed by atoms with Crippen LogP contribution in [0.3, 0.4) is 0 Å². The van der Waals surface area contributed by atoms with Crippen LogP contribution in [-0.4, -0.2) is 52.3 Å². The van der Waals surface area contributed by atoms with E-state index in [0.717, 1.165) is 6.42 Å². The molecule has 3 N–H and O–H groups in total. The monoisotopic (exact) mass is 336 g/mol. The minimum atomic E-state index is -4.56. The van der Waals surface area contributed by atoms with Crippen LogP contribution in [-0.2, 0) is 14.2 Å². The van der Waals surface area contributed by atoms with E-state index in [2.05, 4.69) is 5.32 Å². The molecule has 0 rings (SSSR count). The number of hydrogen-bond acceptors (Lipinski definition) is 3. The number of carbonyl (C=O) groups is 2. The maximum atomic E-state index is 12.3. The first kappa shape index (κ1) is 21.1. The van der Waals surface area contributed by atoms with Crippen molar-refractivity contribution in [1.82, 2.24) is 10.2 Å². The van der Waals surface area contributed by atoms with Gasteiger partial charge in [0.2, 0.25) is 11.8 Å². The van der Waals surface area contributed by atoms with Crippen LogP contribution >= 0.6 is 7.60 Å². The van der Waals surface area contributed by atoms with Crippen LogP contribution in [0.4, 0.5) is 0 Å². The normalized spacial score (nSPS) is 15.1. The zero-order chi connectivity index (χ0) is 17.7. The lowest BCUT2D eigenvalue weighted by atomic mass is 9.85. The van der Waals surface area contributed by atoms with Crippen LogP contribution in [0.15, 0.2) is 0 Å². The van der Waals surface area contributed by atoms with Gasteiger partial charge in [-0.2, -0.15) is 0 Å². The van der Waals surface area contributed by atoms with E-state index in [1.54, 1.807) is 34.9 Å². The largest absolute Gasteiger partial charge is 0.347 e. The lowest BCUT2D eigenvalue weighted by Gasteiger charge is -2.33. The molecule has 0 radical (unpaired) electrons. The summed E-state index contributed by atoms with van der Waals surface area (Å²) in [5.41, 5.74) is -1.98. The molecule has 0 aromatic heterocycles. The van der Waals surface area contributed by atoms with Crippen LogP contribution in [0.2, 0.25) is 0 Å². The van der Waals surface area contributed by atoms with Gasteiger partial charge in [-0.1, -0.05) is 40.5 Å². The van der Waals surface area contributed by atoms with Crippen molar-refractivity contribution in [3.8, 4) is 0 Å². The Morgan fingerprint density at radius 2 is 1.73 bits per heavy atom. The second-order valence-corrected chi connectivity index (χ2v) is 8.59. The Morgan fingerprint density at radius 1 is 1.23 bits per heavy atom. The molecule has 8 heteroatoms. The van der Waals surface area contributed by atoms with Gasteiger partial charge in [0, 0.05) is 14.1 Å². The Bertz CT molecular complexity index is 439. The molecule has 130 valence electrons. The number of likely N-dealkylation sites (N-methyl/N-ethyl adjacent to an activating group) is 1. The Balaban J connectivity index is 5.29. The van der Waals surface area contributed by atoms with Gasteiger partial charge in [-0.3, -0.25) is 14.2 Å². The Kier molecular flexibility index (Phi) is 7.75. The summed E-state index contributed by atoms with van der Waals surface area (Å²) in [5.74, 6) is -1.07. The first-order valence-electron chi connectivity index (χ1n) is 7.39. The zero-order valence-electron chi connectivity index (χ0n) is 14.3. The summed E-state index contributed by atoms with van der Waals surface area (Å²) >= 11 is 0. The molecular formula is C14H29N2O5P. The highest BCUT2D eigenvalue weighted by molar-refractivity contribution is 7.53. The third-order valence-electron chi connectivity index (χ3n) is 3.38. The van der Waals surface area contributed by atoms with Crippen LogP contribution < -0.4 is 5.32 Å². The SMILES string of the molecule is CCCCC(C(=O)N[C@H](C(=O)N(C)C)C(C)(C)C)P(=O)(O)O. The van der Waals surface area contributed by atoms with E-state index >= 15 is 0 Å². The van der Waals surface area contributed by atoms with Gasteiger partial charge in [0.05, 0.1) is 0 Å². The quantitative estimate of drug-likeness (QED) is 0.608. The smallest absolute Gasteiger partial charge is 0.337 e. The molecule has 0 aromatic carbocycles. The van der Waals surface area contributed by atoms with Crippen molar-refractivity contribution in [3.05, 3.63) is 0 Å². The highest BCUT2D eigenvalue weighted by atomic mass is 31.2.